The van der Waals surface area contributed by atoms with E-state index in [9.17, 15) is 15.0 Å². The van der Waals surface area contributed by atoms with Gasteiger partial charge in [0.15, 0.2) is 0 Å². The summed E-state index contributed by atoms with van der Waals surface area (Å²) >= 11 is 7.51. The van der Waals surface area contributed by atoms with E-state index in [1.807, 2.05) is 6.07 Å². The van der Waals surface area contributed by atoms with E-state index in [1.165, 1.54) is 17.8 Å². The second-order valence-corrected chi connectivity index (χ2v) is 9.18. The van der Waals surface area contributed by atoms with Crippen LogP contribution in [0.15, 0.2) is 18.2 Å². The van der Waals surface area contributed by atoms with Crippen molar-refractivity contribution in [1.82, 2.24) is 0 Å². The number of carboxylic acids is 1. The molecule has 0 aliphatic heterocycles. The quantitative estimate of drug-likeness (QED) is 0.289. The lowest BCUT2D eigenvalue weighted by Crippen LogP contribution is -2.16. The van der Waals surface area contributed by atoms with Crippen molar-refractivity contribution in [2.75, 3.05) is 0 Å². The molecule has 0 saturated heterocycles. The van der Waals surface area contributed by atoms with Crippen molar-refractivity contribution in [2.24, 2.45) is 5.92 Å². The summed E-state index contributed by atoms with van der Waals surface area (Å²) in [5.74, 6) is -0.387. The first-order chi connectivity index (χ1) is 12.4. The number of alkyl halides is 1. The van der Waals surface area contributed by atoms with Gasteiger partial charge in [-0.15, -0.1) is 22.9 Å². The van der Waals surface area contributed by atoms with Gasteiger partial charge < -0.3 is 10.2 Å². The number of thiophene rings is 1. The van der Waals surface area contributed by atoms with E-state index in [1.54, 1.807) is 6.92 Å². The van der Waals surface area contributed by atoms with Crippen LogP contribution >= 0.6 is 22.9 Å². The van der Waals surface area contributed by atoms with Crippen molar-refractivity contribution in [3.05, 3.63) is 33.5 Å². The highest BCUT2D eigenvalue weighted by atomic mass is 35.5. The predicted molar refractivity (Wildman–Crippen MR) is 110 cm³/mol. The minimum atomic E-state index is -0.880. The second kappa shape index (κ2) is 10.5. The first-order valence-electron chi connectivity index (χ1n) is 9.77. The molecule has 1 aliphatic rings. The maximum absolute atomic E-state index is 11.6. The molecule has 1 unspecified atom stereocenters. The number of unbranched alkanes of at least 4 members (excludes halogenated alkanes) is 1. The molecule has 2 rings (SSSR count). The molecule has 1 heterocycles. The summed E-state index contributed by atoms with van der Waals surface area (Å²) < 4.78 is 0. The van der Waals surface area contributed by atoms with Crippen LogP contribution in [0.4, 0.5) is 0 Å². The molecule has 2 N–H and O–H groups in total. The fourth-order valence-electron chi connectivity index (χ4n) is 3.81. The third-order valence-corrected chi connectivity index (χ3v) is 6.78. The number of hydrogen-bond donors (Lipinski definition) is 2. The first kappa shape index (κ1) is 21.5. The maximum Gasteiger partial charge on any atom is 0.346 e. The van der Waals surface area contributed by atoms with Gasteiger partial charge >= 0.3 is 5.97 Å². The molecule has 1 saturated carbocycles. The van der Waals surface area contributed by atoms with E-state index in [2.05, 4.69) is 19.1 Å². The van der Waals surface area contributed by atoms with Crippen LogP contribution in [0.5, 0.6) is 0 Å². The van der Waals surface area contributed by atoms with E-state index in [0.29, 0.717) is 16.2 Å². The Morgan fingerprint density at radius 1 is 1.46 bits per heavy atom. The van der Waals surface area contributed by atoms with Gasteiger partial charge in [-0.1, -0.05) is 25.5 Å². The zero-order valence-electron chi connectivity index (χ0n) is 15.8. The van der Waals surface area contributed by atoms with Crippen molar-refractivity contribution >= 4 is 28.9 Å². The van der Waals surface area contributed by atoms with E-state index in [-0.39, 0.29) is 5.92 Å². The molecule has 3 nitrogen and oxygen atoms in total. The van der Waals surface area contributed by atoms with Crippen LogP contribution in [-0.2, 0) is 6.42 Å². The Bertz CT molecular complexity index is 608. The normalized spacial score (nSPS) is 22.8. The Morgan fingerprint density at radius 3 is 2.81 bits per heavy atom. The smallest absolute Gasteiger partial charge is 0.346 e. The summed E-state index contributed by atoms with van der Waals surface area (Å²) in [5, 5.41) is 20.1. The SMILES string of the molecule is CCCc1cc(C(CCC/C=C/[C@H]2CC[C@@H](Cl)C2)[C@@H](C)O)c(C(=O)O)s1. The number of hydrogen-bond acceptors (Lipinski definition) is 3. The predicted octanol–water partition coefficient (Wildman–Crippen LogP) is 6.00. The average molecular weight is 399 g/mol. The molecular formula is C21H31ClO3S. The van der Waals surface area contributed by atoms with E-state index in [4.69, 9.17) is 11.6 Å². The van der Waals surface area contributed by atoms with Crippen molar-refractivity contribution < 1.29 is 15.0 Å². The third kappa shape index (κ3) is 6.11. The Morgan fingerprint density at radius 2 is 2.23 bits per heavy atom. The number of aliphatic hydroxyl groups excluding tert-OH is 1. The van der Waals surface area contributed by atoms with Crippen molar-refractivity contribution in [3.8, 4) is 0 Å². The molecule has 4 atom stereocenters. The summed E-state index contributed by atoms with van der Waals surface area (Å²) in [4.78, 5) is 13.1. The summed E-state index contributed by atoms with van der Waals surface area (Å²) in [6.07, 6.45) is 11.9. The lowest BCUT2D eigenvalue weighted by molar-refractivity contribution is 0.0699. The summed E-state index contributed by atoms with van der Waals surface area (Å²) in [6, 6.07) is 2.00. The Hall–Kier alpha value is -0.840. The highest BCUT2D eigenvalue weighted by Gasteiger charge is 2.25. The highest BCUT2D eigenvalue weighted by Crippen LogP contribution is 2.35. The van der Waals surface area contributed by atoms with Crippen LogP contribution in [0, 0.1) is 5.92 Å². The van der Waals surface area contributed by atoms with E-state index < -0.39 is 12.1 Å². The number of carboxylic acid groups (broad SMARTS) is 1. The van der Waals surface area contributed by atoms with Crippen LogP contribution < -0.4 is 0 Å². The molecule has 1 aromatic rings. The second-order valence-electron chi connectivity index (χ2n) is 7.43. The average Bonchev–Trinajstić information content (AvgIpc) is 3.17. The van der Waals surface area contributed by atoms with Gasteiger partial charge in [-0.2, -0.15) is 0 Å². The molecule has 5 heteroatoms. The number of carbonyl (C=O) groups is 1. The Balaban J connectivity index is 1.96. The molecule has 0 radical (unpaired) electrons. The monoisotopic (exact) mass is 398 g/mol. The molecule has 0 bridgehead atoms. The third-order valence-electron chi connectivity index (χ3n) is 5.19. The Kier molecular flexibility index (Phi) is 8.65. The lowest BCUT2D eigenvalue weighted by Gasteiger charge is -2.19. The summed E-state index contributed by atoms with van der Waals surface area (Å²) in [5.41, 5.74) is 0.811. The number of rotatable bonds is 10. The van der Waals surface area contributed by atoms with Gasteiger partial charge in [0.05, 0.1) is 6.10 Å². The molecule has 0 aromatic carbocycles. The van der Waals surface area contributed by atoms with Crippen LogP contribution in [0.1, 0.15) is 84.8 Å². The van der Waals surface area contributed by atoms with Gasteiger partial charge in [0, 0.05) is 16.2 Å². The topological polar surface area (TPSA) is 57.5 Å². The molecule has 1 fully saturated rings. The molecule has 0 spiro atoms. The standard InChI is InChI=1S/C21H31ClO3S/c1-3-7-17-13-19(20(26-17)21(24)25)18(14(2)23)9-6-4-5-8-15-10-11-16(22)12-15/h5,8,13-16,18,23H,3-4,6-7,9-12H2,1-2H3,(H,24,25)/b8-5+/t14-,15+,16-,18?/m1/s1. The largest absolute Gasteiger partial charge is 0.477 e. The molecule has 146 valence electrons. The van der Waals surface area contributed by atoms with Crippen molar-refractivity contribution in [2.45, 2.75) is 82.6 Å². The van der Waals surface area contributed by atoms with Gasteiger partial charge in [0.25, 0.3) is 0 Å². The minimum Gasteiger partial charge on any atom is -0.477 e. The number of aliphatic hydroxyl groups is 1. The number of aryl methyl sites for hydroxylation is 1. The van der Waals surface area contributed by atoms with Gasteiger partial charge in [-0.3, -0.25) is 0 Å². The fraction of sp³-hybridized carbons (Fsp3) is 0.667. The van der Waals surface area contributed by atoms with Crippen LogP contribution in [0.2, 0.25) is 0 Å². The van der Waals surface area contributed by atoms with Gasteiger partial charge in [-0.25, -0.2) is 4.79 Å². The van der Waals surface area contributed by atoms with Crippen LogP contribution in [-0.4, -0.2) is 27.7 Å². The Labute approximate surface area is 166 Å². The van der Waals surface area contributed by atoms with Gasteiger partial charge in [0.1, 0.15) is 4.88 Å². The lowest BCUT2D eigenvalue weighted by atomic mass is 9.89. The number of allylic oxidation sites excluding steroid dienone is 2. The van der Waals surface area contributed by atoms with E-state index in [0.717, 1.165) is 55.4 Å². The summed E-state index contributed by atoms with van der Waals surface area (Å²) in [7, 11) is 0. The number of halogens is 1. The number of aromatic carboxylic acids is 1. The van der Waals surface area contributed by atoms with Gasteiger partial charge in [0.2, 0.25) is 0 Å². The maximum atomic E-state index is 11.6. The molecule has 1 aromatic heterocycles. The zero-order chi connectivity index (χ0) is 19.1. The minimum absolute atomic E-state index is 0.116. The van der Waals surface area contributed by atoms with Gasteiger partial charge in [-0.05, 0) is 69.4 Å². The van der Waals surface area contributed by atoms with Crippen molar-refractivity contribution in [1.29, 1.82) is 0 Å². The fourth-order valence-corrected chi connectivity index (χ4v) is 5.33. The first-order valence-corrected chi connectivity index (χ1v) is 11.0. The zero-order valence-corrected chi connectivity index (χ0v) is 17.4. The molecular weight excluding hydrogens is 368 g/mol. The summed E-state index contributed by atoms with van der Waals surface area (Å²) in [6.45, 7) is 3.86. The van der Waals surface area contributed by atoms with Crippen LogP contribution in [0.25, 0.3) is 0 Å². The van der Waals surface area contributed by atoms with Crippen LogP contribution in [0.3, 0.4) is 0 Å². The molecule has 26 heavy (non-hydrogen) atoms. The molecule has 1 aliphatic carbocycles. The highest BCUT2D eigenvalue weighted by molar-refractivity contribution is 7.14. The molecule has 0 amide bonds. The van der Waals surface area contributed by atoms with Crippen molar-refractivity contribution in [3.63, 3.8) is 0 Å². The van der Waals surface area contributed by atoms with E-state index >= 15 is 0 Å².